The number of aryl methyl sites for hydroxylation is 2. The lowest BCUT2D eigenvalue weighted by molar-refractivity contribution is -0.659. The molecule has 98 valence electrons. The second kappa shape index (κ2) is 4.04. The molecule has 0 amide bonds. The van der Waals surface area contributed by atoms with E-state index in [1.165, 1.54) is 22.3 Å². The smallest absolute Gasteiger partial charge is 0.240 e. The molecular formula is C17H16N3+. The van der Waals surface area contributed by atoms with E-state index in [0.717, 1.165) is 17.8 Å². The van der Waals surface area contributed by atoms with Crippen LogP contribution in [0.2, 0.25) is 0 Å². The minimum absolute atomic E-state index is 0.922. The maximum atomic E-state index is 4.85. The van der Waals surface area contributed by atoms with E-state index in [0.29, 0.717) is 0 Å². The van der Waals surface area contributed by atoms with Gasteiger partial charge in [0, 0.05) is 18.7 Å². The molecule has 0 N–H and O–H groups in total. The van der Waals surface area contributed by atoms with Crippen molar-refractivity contribution in [1.29, 1.82) is 0 Å². The summed E-state index contributed by atoms with van der Waals surface area (Å²) >= 11 is 0. The Kier molecular flexibility index (Phi) is 2.30. The summed E-state index contributed by atoms with van der Waals surface area (Å²) < 4.78 is 4.36. The fourth-order valence-corrected chi connectivity index (χ4v) is 2.98. The van der Waals surface area contributed by atoms with Gasteiger partial charge in [-0.3, -0.25) is 0 Å². The van der Waals surface area contributed by atoms with E-state index in [1.54, 1.807) is 0 Å². The zero-order valence-corrected chi connectivity index (χ0v) is 11.7. The van der Waals surface area contributed by atoms with Gasteiger partial charge in [-0.05, 0) is 18.6 Å². The maximum Gasteiger partial charge on any atom is 0.240 e. The first-order chi connectivity index (χ1) is 9.75. The molecule has 0 saturated carbocycles. The van der Waals surface area contributed by atoms with Crippen LogP contribution in [0.25, 0.3) is 28.5 Å². The minimum Gasteiger partial charge on any atom is -0.303 e. The van der Waals surface area contributed by atoms with E-state index < -0.39 is 0 Å². The number of rotatable bonds is 1. The Morgan fingerprint density at radius 2 is 2.05 bits per heavy atom. The third-order valence-corrected chi connectivity index (χ3v) is 4.01. The van der Waals surface area contributed by atoms with Crippen LogP contribution in [-0.4, -0.2) is 9.55 Å². The molecule has 0 radical (unpaired) electrons. The molecule has 3 heterocycles. The molecular weight excluding hydrogens is 246 g/mol. The number of fused-ring (bicyclic) bond motifs is 3. The number of imidazole rings is 1. The van der Waals surface area contributed by atoms with Crippen molar-refractivity contribution >= 4 is 17.2 Å². The average molecular weight is 262 g/mol. The Balaban J connectivity index is 2.11. The van der Waals surface area contributed by atoms with Crippen molar-refractivity contribution < 1.29 is 4.57 Å². The van der Waals surface area contributed by atoms with Crippen LogP contribution in [0, 0.1) is 6.92 Å². The zero-order chi connectivity index (χ0) is 13.7. The molecule has 3 aromatic rings. The van der Waals surface area contributed by atoms with Gasteiger partial charge in [-0.15, -0.1) is 0 Å². The molecule has 0 bridgehead atoms. The number of pyridine rings is 1. The Bertz CT molecular complexity index is 856. The minimum atomic E-state index is 0.922. The van der Waals surface area contributed by atoms with Crippen LogP contribution in [0.4, 0.5) is 0 Å². The van der Waals surface area contributed by atoms with E-state index in [1.807, 2.05) is 0 Å². The van der Waals surface area contributed by atoms with E-state index in [4.69, 9.17) is 4.98 Å². The number of aromatic nitrogens is 3. The van der Waals surface area contributed by atoms with Gasteiger partial charge in [0.1, 0.15) is 12.9 Å². The molecule has 3 heteroatoms. The van der Waals surface area contributed by atoms with Crippen molar-refractivity contribution in [3.05, 3.63) is 54.0 Å². The van der Waals surface area contributed by atoms with E-state index in [9.17, 15) is 0 Å². The molecule has 1 aliphatic heterocycles. The molecule has 0 saturated heterocycles. The number of hydrogen-bond donors (Lipinski definition) is 0. The summed E-state index contributed by atoms with van der Waals surface area (Å²) in [4.78, 5) is 4.85. The van der Waals surface area contributed by atoms with E-state index in [-0.39, 0.29) is 0 Å². The summed E-state index contributed by atoms with van der Waals surface area (Å²) in [6.45, 7) is 2.15. The molecule has 2 aromatic heterocycles. The molecule has 0 spiro atoms. The lowest BCUT2D eigenvalue weighted by Crippen LogP contribution is -2.30. The lowest BCUT2D eigenvalue weighted by atomic mass is 10.0. The Hall–Kier alpha value is -2.42. The standard InChI is InChI=1S/C17H16N3/c1-12-6-3-4-7-13(12)17-16-14(9-11-19(17)2)20-10-5-8-15(20)18-16/h3-7,9-11H,8H2,1-2H3/q+1. The van der Waals surface area contributed by atoms with Gasteiger partial charge in [-0.1, -0.05) is 24.3 Å². The van der Waals surface area contributed by atoms with Crippen molar-refractivity contribution in [3.8, 4) is 11.3 Å². The molecule has 0 aliphatic carbocycles. The monoisotopic (exact) mass is 262 g/mol. The highest BCUT2D eigenvalue weighted by atomic mass is 15.1. The van der Waals surface area contributed by atoms with Crippen LogP contribution >= 0.6 is 0 Å². The Labute approximate surface area is 117 Å². The first-order valence-corrected chi connectivity index (χ1v) is 6.88. The molecule has 0 atom stereocenters. The largest absolute Gasteiger partial charge is 0.303 e. The highest BCUT2D eigenvalue weighted by Crippen LogP contribution is 2.29. The van der Waals surface area contributed by atoms with Crippen molar-refractivity contribution in [1.82, 2.24) is 9.55 Å². The van der Waals surface area contributed by atoms with Gasteiger partial charge in [-0.25, -0.2) is 4.98 Å². The van der Waals surface area contributed by atoms with Gasteiger partial charge in [0.2, 0.25) is 5.69 Å². The Morgan fingerprint density at radius 1 is 1.20 bits per heavy atom. The fraction of sp³-hybridized carbons (Fsp3) is 0.176. The average Bonchev–Trinajstić information content (AvgIpc) is 3.00. The van der Waals surface area contributed by atoms with Crippen LogP contribution in [0.5, 0.6) is 0 Å². The summed E-state index contributed by atoms with van der Waals surface area (Å²) in [5, 5.41) is 0. The van der Waals surface area contributed by atoms with Crippen LogP contribution in [0.3, 0.4) is 0 Å². The van der Waals surface area contributed by atoms with E-state index in [2.05, 4.69) is 71.9 Å². The molecule has 1 aromatic carbocycles. The van der Waals surface area contributed by atoms with Crippen LogP contribution in [0.1, 0.15) is 11.4 Å². The van der Waals surface area contributed by atoms with Gasteiger partial charge in [0.05, 0.1) is 11.1 Å². The van der Waals surface area contributed by atoms with Crippen LogP contribution < -0.4 is 4.57 Å². The molecule has 1 aliphatic rings. The highest BCUT2D eigenvalue weighted by molar-refractivity contribution is 5.90. The predicted molar refractivity (Wildman–Crippen MR) is 80.1 cm³/mol. The maximum absolute atomic E-state index is 4.85. The molecule has 4 rings (SSSR count). The SMILES string of the molecule is Cc1ccccc1-c1c2nc3n(c2cc[n+]1C)C=CC3. The van der Waals surface area contributed by atoms with Crippen LogP contribution in [0.15, 0.2) is 42.6 Å². The summed E-state index contributed by atoms with van der Waals surface area (Å²) in [5.74, 6) is 1.13. The van der Waals surface area contributed by atoms with Gasteiger partial charge in [-0.2, -0.15) is 4.57 Å². The number of nitrogens with zero attached hydrogens (tertiary/aromatic N) is 3. The number of hydrogen-bond acceptors (Lipinski definition) is 1. The summed E-state index contributed by atoms with van der Waals surface area (Å²) in [6, 6.07) is 10.6. The topological polar surface area (TPSA) is 21.7 Å². The van der Waals surface area contributed by atoms with Gasteiger partial charge >= 0.3 is 0 Å². The third kappa shape index (κ3) is 1.46. The van der Waals surface area contributed by atoms with Crippen molar-refractivity contribution in [2.24, 2.45) is 7.05 Å². The first kappa shape index (κ1) is 11.4. The summed E-state index contributed by atoms with van der Waals surface area (Å²) in [5.41, 5.74) is 5.99. The summed E-state index contributed by atoms with van der Waals surface area (Å²) in [6.07, 6.45) is 7.31. The molecule has 0 unspecified atom stereocenters. The van der Waals surface area contributed by atoms with Crippen LogP contribution in [-0.2, 0) is 13.5 Å². The number of benzene rings is 1. The highest BCUT2D eigenvalue weighted by Gasteiger charge is 2.22. The molecule has 0 fully saturated rings. The summed E-state index contributed by atoms with van der Waals surface area (Å²) in [7, 11) is 2.08. The van der Waals surface area contributed by atoms with Gasteiger partial charge < -0.3 is 4.57 Å². The first-order valence-electron chi connectivity index (χ1n) is 6.88. The molecule has 3 nitrogen and oxygen atoms in total. The predicted octanol–water partition coefficient (Wildman–Crippen LogP) is 2.86. The normalized spacial score (nSPS) is 13.1. The van der Waals surface area contributed by atoms with E-state index >= 15 is 0 Å². The van der Waals surface area contributed by atoms with Crippen molar-refractivity contribution in [2.45, 2.75) is 13.3 Å². The van der Waals surface area contributed by atoms with Crippen molar-refractivity contribution in [2.75, 3.05) is 0 Å². The molecule has 20 heavy (non-hydrogen) atoms. The third-order valence-electron chi connectivity index (χ3n) is 4.01. The Morgan fingerprint density at radius 3 is 2.90 bits per heavy atom. The second-order valence-electron chi connectivity index (χ2n) is 5.31. The fourth-order valence-electron chi connectivity index (χ4n) is 2.98. The van der Waals surface area contributed by atoms with Crippen molar-refractivity contribution in [3.63, 3.8) is 0 Å². The lowest BCUT2D eigenvalue weighted by Gasteiger charge is -2.05. The second-order valence-corrected chi connectivity index (χ2v) is 5.31. The number of allylic oxidation sites excluding steroid dienone is 1. The van der Waals surface area contributed by atoms with Gasteiger partial charge in [0.25, 0.3) is 0 Å². The van der Waals surface area contributed by atoms with Gasteiger partial charge in [0.15, 0.2) is 11.7 Å². The zero-order valence-electron chi connectivity index (χ0n) is 11.7. The quantitative estimate of drug-likeness (QED) is 0.618.